The SMILES string of the molecule is Cn1nccc1CNCCCCn1ccnc1. The Hall–Kier alpha value is -1.62. The summed E-state index contributed by atoms with van der Waals surface area (Å²) in [7, 11) is 1.97. The van der Waals surface area contributed by atoms with Gasteiger partial charge in [0, 0.05) is 38.7 Å². The predicted molar refractivity (Wildman–Crippen MR) is 66.4 cm³/mol. The molecule has 0 aliphatic carbocycles. The highest BCUT2D eigenvalue weighted by Crippen LogP contribution is 1.97. The zero-order valence-electron chi connectivity index (χ0n) is 10.2. The highest BCUT2D eigenvalue weighted by Gasteiger charge is 1.97. The zero-order valence-corrected chi connectivity index (χ0v) is 10.2. The van der Waals surface area contributed by atoms with Crippen LogP contribution >= 0.6 is 0 Å². The fourth-order valence-corrected chi connectivity index (χ4v) is 1.75. The lowest BCUT2D eigenvalue weighted by molar-refractivity contribution is 0.556. The minimum atomic E-state index is 0.890. The van der Waals surface area contributed by atoms with E-state index in [1.807, 2.05) is 42.7 Å². The molecule has 17 heavy (non-hydrogen) atoms. The molecular weight excluding hydrogens is 214 g/mol. The summed E-state index contributed by atoms with van der Waals surface area (Å²) in [4.78, 5) is 4.02. The maximum atomic E-state index is 4.13. The molecule has 0 saturated carbocycles. The molecule has 5 nitrogen and oxygen atoms in total. The largest absolute Gasteiger partial charge is 0.337 e. The average Bonchev–Trinajstić information content (AvgIpc) is 2.95. The second-order valence-electron chi connectivity index (χ2n) is 4.13. The molecule has 0 saturated heterocycles. The van der Waals surface area contributed by atoms with Gasteiger partial charge in [-0.05, 0) is 25.5 Å². The molecule has 1 N–H and O–H groups in total. The van der Waals surface area contributed by atoms with E-state index in [1.54, 1.807) is 0 Å². The van der Waals surface area contributed by atoms with Crippen LogP contribution in [0.25, 0.3) is 0 Å². The van der Waals surface area contributed by atoms with Crippen molar-refractivity contribution >= 4 is 0 Å². The Bertz CT molecular complexity index is 418. The first-order valence-corrected chi connectivity index (χ1v) is 5.99. The number of imidazole rings is 1. The molecule has 92 valence electrons. The van der Waals surface area contributed by atoms with Gasteiger partial charge >= 0.3 is 0 Å². The molecule has 0 aromatic carbocycles. The topological polar surface area (TPSA) is 47.7 Å². The van der Waals surface area contributed by atoms with Gasteiger partial charge in [0.2, 0.25) is 0 Å². The Morgan fingerprint density at radius 3 is 2.94 bits per heavy atom. The van der Waals surface area contributed by atoms with Crippen LogP contribution in [0.1, 0.15) is 18.5 Å². The number of aryl methyl sites for hydroxylation is 2. The van der Waals surface area contributed by atoms with Crippen molar-refractivity contribution in [2.24, 2.45) is 7.05 Å². The fraction of sp³-hybridized carbons (Fsp3) is 0.500. The third-order valence-corrected chi connectivity index (χ3v) is 2.81. The summed E-state index contributed by atoms with van der Waals surface area (Å²) in [5.41, 5.74) is 1.22. The second kappa shape index (κ2) is 6.20. The first-order valence-electron chi connectivity index (χ1n) is 5.99. The molecule has 0 aliphatic heterocycles. The monoisotopic (exact) mass is 233 g/mol. The molecule has 2 aromatic rings. The van der Waals surface area contributed by atoms with Crippen LogP contribution in [0.15, 0.2) is 31.0 Å². The predicted octanol–water partition coefficient (Wildman–Crippen LogP) is 1.19. The van der Waals surface area contributed by atoms with Crippen LogP contribution in [0, 0.1) is 0 Å². The van der Waals surface area contributed by atoms with Gasteiger partial charge in [0.1, 0.15) is 0 Å². The van der Waals surface area contributed by atoms with Gasteiger partial charge in [-0.25, -0.2) is 4.98 Å². The average molecular weight is 233 g/mol. The molecule has 0 atom stereocenters. The van der Waals surface area contributed by atoms with Gasteiger partial charge in [0.25, 0.3) is 0 Å². The number of aromatic nitrogens is 4. The van der Waals surface area contributed by atoms with Crippen molar-refractivity contribution in [3.05, 3.63) is 36.7 Å². The van der Waals surface area contributed by atoms with Gasteiger partial charge in [-0.1, -0.05) is 0 Å². The minimum Gasteiger partial charge on any atom is -0.337 e. The van der Waals surface area contributed by atoms with Gasteiger partial charge in [0.05, 0.1) is 12.0 Å². The smallest absolute Gasteiger partial charge is 0.0945 e. The van der Waals surface area contributed by atoms with Crippen molar-refractivity contribution in [2.45, 2.75) is 25.9 Å². The van der Waals surface area contributed by atoms with Crippen molar-refractivity contribution in [1.29, 1.82) is 0 Å². The van der Waals surface area contributed by atoms with Crippen LogP contribution in [0.4, 0.5) is 0 Å². The Labute approximate surface area is 101 Å². The number of nitrogens with zero attached hydrogens (tertiary/aromatic N) is 4. The van der Waals surface area contributed by atoms with Crippen LogP contribution in [-0.4, -0.2) is 25.9 Å². The van der Waals surface area contributed by atoms with Gasteiger partial charge in [-0.2, -0.15) is 5.10 Å². The first-order chi connectivity index (χ1) is 8.36. The summed E-state index contributed by atoms with van der Waals surface area (Å²) >= 11 is 0. The van der Waals surface area contributed by atoms with Crippen LogP contribution in [0.5, 0.6) is 0 Å². The van der Waals surface area contributed by atoms with Crippen LogP contribution in [-0.2, 0) is 20.1 Å². The van der Waals surface area contributed by atoms with E-state index in [4.69, 9.17) is 0 Å². The maximum absolute atomic E-state index is 4.13. The molecule has 0 radical (unpaired) electrons. The number of nitrogens with one attached hydrogen (secondary N) is 1. The third-order valence-electron chi connectivity index (χ3n) is 2.81. The Morgan fingerprint density at radius 2 is 2.24 bits per heavy atom. The molecule has 2 heterocycles. The zero-order chi connectivity index (χ0) is 11.9. The molecule has 0 spiro atoms. The third kappa shape index (κ3) is 3.71. The van der Waals surface area contributed by atoms with E-state index in [-0.39, 0.29) is 0 Å². The lowest BCUT2D eigenvalue weighted by Crippen LogP contribution is -2.17. The number of unbranched alkanes of at least 4 members (excludes halogenated alkanes) is 1. The minimum absolute atomic E-state index is 0.890. The van der Waals surface area contributed by atoms with Gasteiger partial charge < -0.3 is 9.88 Å². The molecule has 0 unspecified atom stereocenters. The van der Waals surface area contributed by atoms with E-state index in [1.165, 1.54) is 18.5 Å². The van der Waals surface area contributed by atoms with E-state index in [9.17, 15) is 0 Å². The van der Waals surface area contributed by atoms with E-state index in [2.05, 4.69) is 20.0 Å². The molecule has 2 aromatic heterocycles. The van der Waals surface area contributed by atoms with Crippen molar-refractivity contribution in [1.82, 2.24) is 24.6 Å². The summed E-state index contributed by atoms with van der Waals surface area (Å²) in [5.74, 6) is 0. The van der Waals surface area contributed by atoms with Crippen LogP contribution < -0.4 is 5.32 Å². The van der Waals surface area contributed by atoms with Crippen molar-refractivity contribution in [3.63, 3.8) is 0 Å². The molecular formula is C12H19N5. The lowest BCUT2D eigenvalue weighted by Gasteiger charge is -2.05. The van der Waals surface area contributed by atoms with Crippen LogP contribution in [0.3, 0.4) is 0 Å². The molecule has 0 bridgehead atoms. The quantitative estimate of drug-likeness (QED) is 0.731. The summed E-state index contributed by atoms with van der Waals surface area (Å²) in [6.07, 6.45) is 9.87. The summed E-state index contributed by atoms with van der Waals surface area (Å²) in [5, 5.41) is 7.55. The van der Waals surface area contributed by atoms with E-state index in [0.717, 1.165) is 19.6 Å². The van der Waals surface area contributed by atoms with Gasteiger partial charge in [-0.3, -0.25) is 4.68 Å². The Morgan fingerprint density at radius 1 is 1.29 bits per heavy atom. The van der Waals surface area contributed by atoms with Crippen molar-refractivity contribution < 1.29 is 0 Å². The molecule has 0 amide bonds. The van der Waals surface area contributed by atoms with Crippen molar-refractivity contribution in [2.75, 3.05) is 6.54 Å². The lowest BCUT2D eigenvalue weighted by atomic mass is 10.3. The summed E-state index contributed by atoms with van der Waals surface area (Å²) in [6.45, 7) is 2.98. The van der Waals surface area contributed by atoms with Crippen molar-refractivity contribution in [3.8, 4) is 0 Å². The maximum Gasteiger partial charge on any atom is 0.0945 e. The highest BCUT2D eigenvalue weighted by molar-refractivity contribution is 4.98. The molecule has 2 rings (SSSR count). The molecule has 5 heteroatoms. The standard InChI is InChI=1S/C12H19N5/c1-16-12(4-6-15-16)10-13-5-2-3-8-17-9-7-14-11-17/h4,6-7,9,11,13H,2-3,5,8,10H2,1H3. The Kier molecular flexibility index (Phi) is 4.32. The summed E-state index contributed by atoms with van der Waals surface area (Å²) < 4.78 is 4.01. The van der Waals surface area contributed by atoms with E-state index >= 15 is 0 Å². The Balaban J connectivity index is 1.54. The van der Waals surface area contributed by atoms with E-state index in [0.29, 0.717) is 0 Å². The van der Waals surface area contributed by atoms with Crippen LogP contribution in [0.2, 0.25) is 0 Å². The summed E-state index contributed by atoms with van der Waals surface area (Å²) in [6, 6.07) is 2.04. The molecule has 0 aliphatic rings. The van der Waals surface area contributed by atoms with Gasteiger partial charge in [0.15, 0.2) is 0 Å². The number of hydrogen-bond acceptors (Lipinski definition) is 3. The highest BCUT2D eigenvalue weighted by atomic mass is 15.3. The van der Waals surface area contributed by atoms with Gasteiger partial charge in [-0.15, -0.1) is 0 Å². The van der Waals surface area contributed by atoms with E-state index < -0.39 is 0 Å². The molecule has 0 fully saturated rings. The normalized spacial score (nSPS) is 10.9. The number of hydrogen-bond donors (Lipinski definition) is 1. The second-order valence-corrected chi connectivity index (χ2v) is 4.13. The first kappa shape index (κ1) is 11.9. The number of rotatable bonds is 7. The fourth-order valence-electron chi connectivity index (χ4n) is 1.75.